The topological polar surface area (TPSA) is 57.7 Å². The summed E-state index contributed by atoms with van der Waals surface area (Å²) in [5, 5.41) is 2.91. The van der Waals surface area contributed by atoms with Crippen LogP contribution in [0.5, 0.6) is 11.6 Å². The van der Waals surface area contributed by atoms with Crippen molar-refractivity contribution in [1.29, 1.82) is 0 Å². The van der Waals surface area contributed by atoms with Crippen molar-refractivity contribution in [2.45, 2.75) is 51.0 Å². The zero-order valence-corrected chi connectivity index (χ0v) is 17.5. The molecule has 1 saturated heterocycles. The minimum Gasteiger partial charge on any atom is -0.439 e. The molecule has 1 aromatic carbocycles. The Morgan fingerprint density at radius 2 is 1.77 bits per heavy atom. The third kappa shape index (κ3) is 4.29. The lowest BCUT2D eigenvalue weighted by Gasteiger charge is -2.36. The highest BCUT2D eigenvalue weighted by atomic mass is 16.5. The summed E-state index contributed by atoms with van der Waals surface area (Å²) in [7, 11) is 0. The molecule has 1 N–H and O–H groups in total. The van der Waals surface area contributed by atoms with Gasteiger partial charge in [-0.15, -0.1) is 0 Å². The molecule has 3 aliphatic rings. The predicted molar refractivity (Wildman–Crippen MR) is 117 cm³/mol. The van der Waals surface area contributed by atoms with Crippen molar-refractivity contribution in [3.05, 3.63) is 47.7 Å². The summed E-state index contributed by atoms with van der Waals surface area (Å²) in [6.45, 7) is 3.98. The lowest BCUT2D eigenvalue weighted by Crippen LogP contribution is -2.41. The van der Waals surface area contributed by atoms with Crippen molar-refractivity contribution in [3.8, 4) is 11.6 Å². The van der Waals surface area contributed by atoms with Gasteiger partial charge >= 0.3 is 6.03 Å². The Hall–Kier alpha value is -2.60. The maximum atomic E-state index is 12.2. The van der Waals surface area contributed by atoms with Gasteiger partial charge in [-0.25, -0.2) is 9.78 Å². The van der Waals surface area contributed by atoms with Crippen LogP contribution in [0.15, 0.2) is 36.5 Å². The second-order valence-electron chi connectivity index (χ2n) is 8.66. The molecule has 2 amide bonds. The summed E-state index contributed by atoms with van der Waals surface area (Å²) in [5.41, 5.74) is 3.53. The van der Waals surface area contributed by atoms with Crippen LogP contribution in [0.25, 0.3) is 0 Å². The zero-order valence-electron chi connectivity index (χ0n) is 17.5. The lowest BCUT2D eigenvalue weighted by molar-refractivity contribution is 0.133. The number of likely N-dealkylation sites (tertiary alicyclic amines) is 1. The highest BCUT2D eigenvalue weighted by Gasteiger charge is 2.26. The molecule has 2 fully saturated rings. The van der Waals surface area contributed by atoms with Crippen LogP contribution in [0.3, 0.4) is 0 Å². The monoisotopic (exact) mass is 406 g/mol. The number of urea groups is 1. The zero-order chi connectivity index (χ0) is 20.3. The minimum absolute atomic E-state index is 0.0512. The molecular formula is C24H30N4O2. The van der Waals surface area contributed by atoms with E-state index in [0.29, 0.717) is 11.6 Å². The van der Waals surface area contributed by atoms with E-state index in [0.717, 1.165) is 57.1 Å². The molecule has 6 heteroatoms. The standard InChI is InChI=1S/C24H30N4O2/c29-24(28-12-1-2-13-28)26-20-7-9-23(25-17-20)30-22-8-6-18-10-14-27(21-4-3-5-21)15-11-19(18)16-22/h6-9,16-17,21H,1-5,10-15H2,(H,26,29). The largest absolute Gasteiger partial charge is 0.439 e. The van der Waals surface area contributed by atoms with Gasteiger partial charge in [0.05, 0.1) is 11.9 Å². The molecule has 1 aliphatic carbocycles. The number of carbonyl (C=O) groups excluding carboxylic acids is 1. The van der Waals surface area contributed by atoms with E-state index in [1.54, 1.807) is 6.20 Å². The van der Waals surface area contributed by atoms with E-state index in [1.165, 1.54) is 36.9 Å². The van der Waals surface area contributed by atoms with Gasteiger partial charge in [0.2, 0.25) is 5.88 Å². The number of hydrogen-bond acceptors (Lipinski definition) is 4. The average molecular weight is 407 g/mol. The summed E-state index contributed by atoms with van der Waals surface area (Å²) < 4.78 is 6.00. The maximum absolute atomic E-state index is 12.2. The van der Waals surface area contributed by atoms with Crippen LogP contribution in [0.4, 0.5) is 10.5 Å². The van der Waals surface area contributed by atoms with Crippen molar-refractivity contribution in [1.82, 2.24) is 14.8 Å². The van der Waals surface area contributed by atoms with Crippen LogP contribution in [0.2, 0.25) is 0 Å². The van der Waals surface area contributed by atoms with Crippen molar-refractivity contribution in [2.75, 3.05) is 31.5 Å². The van der Waals surface area contributed by atoms with Gasteiger partial charge < -0.3 is 15.0 Å². The third-order valence-electron chi connectivity index (χ3n) is 6.71. The van der Waals surface area contributed by atoms with E-state index in [-0.39, 0.29) is 6.03 Å². The summed E-state index contributed by atoms with van der Waals surface area (Å²) in [4.78, 5) is 21.1. The van der Waals surface area contributed by atoms with Gasteiger partial charge in [-0.05, 0) is 67.9 Å². The molecule has 0 unspecified atom stereocenters. The molecule has 6 nitrogen and oxygen atoms in total. The second-order valence-corrected chi connectivity index (χ2v) is 8.66. The van der Waals surface area contributed by atoms with Crippen molar-refractivity contribution >= 4 is 11.7 Å². The van der Waals surface area contributed by atoms with Crippen molar-refractivity contribution in [3.63, 3.8) is 0 Å². The van der Waals surface area contributed by atoms with E-state index >= 15 is 0 Å². The van der Waals surface area contributed by atoms with Gasteiger partial charge in [-0.1, -0.05) is 12.5 Å². The Bertz CT molecular complexity index is 889. The van der Waals surface area contributed by atoms with Crippen LogP contribution < -0.4 is 10.1 Å². The van der Waals surface area contributed by atoms with Crippen LogP contribution in [-0.2, 0) is 12.8 Å². The molecule has 1 aromatic heterocycles. The maximum Gasteiger partial charge on any atom is 0.321 e. The molecule has 1 saturated carbocycles. The summed E-state index contributed by atoms with van der Waals surface area (Å²) in [6.07, 6.45) is 10.1. The molecule has 158 valence electrons. The van der Waals surface area contributed by atoms with E-state index in [9.17, 15) is 4.79 Å². The van der Waals surface area contributed by atoms with Crippen LogP contribution >= 0.6 is 0 Å². The van der Waals surface area contributed by atoms with Gasteiger partial charge in [0.15, 0.2) is 0 Å². The van der Waals surface area contributed by atoms with E-state index in [4.69, 9.17) is 4.74 Å². The SMILES string of the molecule is O=C(Nc1ccc(Oc2ccc3c(c2)CCN(C2CCC2)CC3)nc1)N1CCCC1. The fraction of sp³-hybridized carbons (Fsp3) is 0.500. The Labute approximate surface area is 178 Å². The van der Waals surface area contributed by atoms with Gasteiger partial charge in [-0.3, -0.25) is 4.90 Å². The number of aromatic nitrogens is 1. The molecular weight excluding hydrogens is 376 g/mol. The Balaban J connectivity index is 1.20. The molecule has 2 aromatic rings. The Morgan fingerprint density at radius 1 is 0.967 bits per heavy atom. The number of fused-ring (bicyclic) bond motifs is 1. The number of carbonyl (C=O) groups is 1. The molecule has 0 radical (unpaired) electrons. The van der Waals surface area contributed by atoms with Crippen molar-refractivity contribution in [2.24, 2.45) is 0 Å². The van der Waals surface area contributed by atoms with E-state index in [2.05, 4.69) is 27.3 Å². The average Bonchev–Trinajstić information content (AvgIpc) is 3.18. The number of pyridine rings is 1. The molecule has 30 heavy (non-hydrogen) atoms. The smallest absolute Gasteiger partial charge is 0.321 e. The van der Waals surface area contributed by atoms with Crippen LogP contribution in [0.1, 0.15) is 43.2 Å². The van der Waals surface area contributed by atoms with Gasteiger partial charge in [0.25, 0.3) is 0 Å². The molecule has 0 bridgehead atoms. The summed E-state index contributed by atoms with van der Waals surface area (Å²) in [6, 6.07) is 10.8. The molecule has 0 spiro atoms. The van der Waals surface area contributed by atoms with E-state index < -0.39 is 0 Å². The fourth-order valence-corrected chi connectivity index (χ4v) is 4.66. The Kier molecular flexibility index (Phi) is 5.58. The number of hydrogen-bond donors (Lipinski definition) is 1. The molecule has 5 rings (SSSR count). The highest BCUT2D eigenvalue weighted by Crippen LogP contribution is 2.29. The normalized spacial score (nSPS) is 19.7. The van der Waals surface area contributed by atoms with Crippen molar-refractivity contribution < 1.29 is 9.53 Å². The number of nitrogens with zero attached hydrogens (tertiary/aromatic N) is 3. The number of amides is 2. The van der Waals surface area contributed by atoms with Crippen LogP contribution in [-0.4, -0.2) is 53.0 Å². The second kappa shape index (κ2) is 8.64. The summed E-state index contributed by atoms with van der Waals surface area (Å²) in [5.74, 6) is 1.37. The van der Waals surface area contributed by atoms with Gasteiger partial charge in [0, 0.05) is 38.3 Å². The first-order chi connectivity index (χ1) is 14.7. The third-order valence-corrected chi connectivity index (χ3v) is 6.71. The predicted octanol–water partition coefficient (Wildman–Crippen LogP) is 4.45. The molecule has 3 heterocycles. The number of anilines is 1. The van der Waals surface area contributed by atoms with E-state index in [1.807, 2.05) is 23.1 Å². The van der Waals surface area contributed by atoms with Crippen LogP contribution in [0, 0.1) is 0 Å². The minimum atomic E-state index is -0.0512. The Morgan fingerprint density at radius 3 is 2.47 bits per heavy atom. The summed E-state index contributed by atoms with van der Waals surface area (Å²) >= 11 is 0. The highest BCUT2D eigenvalue weighted by molar-refractivity contribution is 5.89. The number of nitrogens with one attached hydrogen (secondary N) is 1. The number of benzene rings is 1. The first-order valence-corrected chi connectivity index (χ1v) is 11.3. The molecule has 0 atom stereocenters. The molecule has 2 aliphatic heterocycles. The quantitative estimate of drug-likeness (QED) is 0.815. The number of ether oxygens (including phenoxy) is 1. The van der Waals surface area contributed by atoms with Gasteiger partial charge in [-0.2, -0.15) is 0 Å². The van der Waals surface area contributed by atoms with Gasteiger partial charge in [0.1, 0.15) is 5.75 Å². The fourth-order valence-electron chi connectivity index (χ4n) is 4.66. The lowest BCUT2D eigenvalue weighted by atomic mass is 9.91. The first-order valence-electron chi connectivity index (χ1n) is 11.3. The first kappa shape index (κ1) is 19.4. The number of rotatable bonds is 4.